The predicted octanol–water partition coefficient (Wildman–Crippen LogP) is 2.98. The number of halogens is 1. The van der Waals surface area contributed by atoms with Crippen molar-refractivity contribution in [1.29, 1.82) is 0 Å². The minimum atomic E-state index is -0.117. The molecule has 0 bridgehead atoms. The molecule has 0 aliphatic heterocycles. The van der Waals surface area contributed by atoms with Gasteiger partial charge in [0.1, 0.15) is 0 Å². The van der Waals surface area contributed by atoms with E-state index in [2.05, 4.69) is 33.4 Å². The summed E-state index contributed by atoms with van der Waals surface area (Å²) in [6.45, 7) is 0.636. The van der Waals surface area contributed by atoms with E-state index in [1.54, 1.807) is 7.11 Å². The third kappa shape index (κ3) is 3.33. The molecule has 1 aliphatic carbocycles. The van der Waals surface area contributed by atoms with Gasteiger partial charge < -0.3 is 10.1 Å². The number of carbonyl (C=O) groups excluding carboxylic acids is 1. The van der Waals surface area contributed by atoms with Crippen LogP contribution in [0, 0.1) is 0 Å². The summed E-state index contributed by atoms with van der Waals surface area (Å²) in [7, 11) is 1.65. The highest BCUT2D eigenvalue weighted by molar-refractivity contribution is 9.10. The van der Waals surface area contributed by atoms with Crippen LogP contribution in [0.3, 0.4) is 0 Å². The van der Waals surface area contributed by atoms with Crippen molar-refractivity contribution in [1.82, 2.24) is 5.32 Å². The molecule has 1 saturated carbocycles. The monoisotopic (exact) mass is 311 g/mol. The maximum Gasteiger partial charge on any atom is 0.220 e. The van der Waals surface area contributed by atoms with Crippen molar-refractivity contribution >= 4 is 21.8 Å². The lowest BCUT2D eigenvalue weighted by atomic mass is 10.0. The van der Waals surface area contributed by atoms with Gasteiger partial charge in [0.05, 0.1) is 5.54 Å². The first-order chi connectivity index (χ1) is 8.66. The number of ether oxygens (including phenoxy) is 1. The fourth-order valence-electron chi connectivity index (χ4n) is 2.10. The van der Waals surface area contributed by atoms with E-state index in [-0.39, 0.29) is 11.4 Å². The average Bonchev–Trinajstić information content (AvgIpc) is 3.10. The van der Waals surface area contributed by atoms with Crippen LogP contribution in [0.25, 0.3) is 0 Å². The molecule has 0 aromatic heterocycles. The van der Waals surface area contributed by atoms with Crippen LogP contribution in [0.2, 0.25) is 0 Å². The predicted molar refractivity (Wildman–Crippen MR) is 74.3 cm³/mol. The summed E-state index contributed by atoms with van der Waals surface area (Å²) in [5.74, 6) is 0.115. The average molecular weight is 312 g/mol. The van der Waals surface area contributed by atoms with Gasteiger partial charge in [0.15, 0.2) is 0 Å². The summed E-state index contributed by atoms with van der Waals surface area (Å²) in [5.41, 5.74) is 1.07. The van der Waals surface area contributed by atoms with Gasteiger partial charge in [-0.2, -0.15) is 0 Å². The zero-order chi connectivity index (χ0) is 13.0. The smallest absolute Gasteiger partial charge is 0.220 e. The van der Waals surface area contributed by atoms with E-state index >= 15 is 0 Å². The molecule has 0 saturated heterocycles. The lowest BCUT2D eigenvalue weighted by molar-refractivity contribution is -0.122. The number of benzene rings is 1. The van der Waals surface area contributed by atoms with Gasteiger partial charge in [-0.25, -0.2) is 0 Å². The second kappa shape index (κ2) is 5.85. The van der Waals surface area contributed by atoms with Crippen molar-refractivity contribution in [3.63, 3.8) is 0 Å². The van der Waals surface area contributed by atoms with Crippen LogP contribution in [0.1, 0.15) is 31.2 Å². The van der Waals surface area contributed by atoms with E-state index in [0.717, 1.165) is 23.7 Å². The zero-order valence-corrected chi connectivity index (χ0v) is 12.1. The van der Waals surface area contributed by atoms with Gasteiger partial charge in [-0.1, -0.05) is 28.1 Å². The van der Waals surface area contributed by atoms with E-state index in [1.807, 2.05) is 12.1 Å². The Hall–Kier alpha value is -0.870. The second-order valence-corrected chi connectivity index (χ2v) is 5.65. The molecule has 0 atom stereocenters. The van der Waals surface area contributed by atoms with Crippen LogP contribution in [0.15, 0.2) is 28.7 Å². The SMILES string of the molecule is COCCCC(=O)NC1(c2cccc(Br)c2)CC1. The molecule has 0 radical (unpaired) electrons. The number of nitrogens with one attached hydrogen (secondary N) is 1. The minimum Gasteiger partial charge on any atom is -0.385 e. The van der Waals surface area contributed by atoms with Gasteiger partial charge >= 0.3 is 0 Å². The van der Waals surface area contributed by atoms with Crippen molar-refractivity contribution in [2.24, 2.45) is 0 Å². The zero-order valence-electron chi connectivity index (χ0n) is 10.5. The van der Waals surface area contributed by atoms with Gasteiger partial charge in [-0.3, -0.25) is 4.79 Å². The molecule has 1 amide bonds. The first kappa shape index (κ1) is 13.6. The minimum absolute atomic E-state index is 0.115. The Morgan fingerprint density at radius 3 is 2.89 bits per heavy atom. The Kier molecular flexibility index (Phi) is 4.40. The Morgan fingerprint density at radius 1 is 1.50 bits per heavy atom. The van der Waals surface area contributed by atoms with Crippen LogP contribution in [-0.4, -0.2) is 19.6 Å². The van der Waals surface area contributed by atoms with Crippen LogP contribution in [0.4, 0.5) is 0 Å². The first-order valence-corrected chi connectivity index (χ1v) is 7.02. The maximum absolute atomic E-state index is 11.9. The molecular weight excluding hydrogens is 294 g/mol. The summed E-state index contributed by atoms with van der Waals surface area (Å²) in [5, 5.41) is 3.15. The fourth-order valence-corrected chi connectivity index (χ4v) is 2.50. The molecule has 1 N–H and O–H groups in total. The van der Waals surface area contributed by atoms with E-state index in [1.165, 1.54) is 5.56 Å². The highest BCUT2D eigenvalue weighted by Gasteiger charge is 2.45. The van der Waals surface area contributed by atoms with Gasteiger partial charge in [0, 0.05) is 24.6 Å². The summed E-state index contributed by atoms with van der Waals surface area (Å²) in [6, 6.07) is 8.17. The lowest BCUT2D eigenvalue weighted by Gasteiger charge is -2.18. The number of rotatable bonds is 6. The third-order valence-corrected chi connectivity index (χ3v) is 3.75. The maximum atomic E-state index is 11.9. The van der Waals surface area contributed by atoms with Crippen molar-refractivity contribution in [3.8, 4) is 0 Å². The molecule has 1 aromatic rings. The molecule has 0 heterocycles. The topological polar surface area (TPSA) is 38.3 Å². The summed E-state index contributed by atoms with van der Waals surface area (Å²) < 4.78 is 6.01. The standard InChI is InChI=1S/C14H18BrNO2/c1-18-9-3-6-13(17)16-14(7-8-14)11-4-2-5-12(15)10-11/h2,4-5,10H,3,6-9H2,1H3,(H,16,17). The summed E-state index contributed by atoms with van der Waals surface area (Å²) in [6.07, 6.45) is 3.36. The molecule has 3 nitrogen and oxygen atoms in total. The first-order valence-electron chi connectivity index (χ1n) is 6.22. The van der Waals surface area contributed by atoms with Crippen LogP contribution < -0.4 is 5.32 Å². The number of carbonyl (C=O) groups is 1. The molecule has 1 fully saturated rings. The Labute approximate surface area is 116 Å². The van der Waals surface area contributed by atoms with Crippen molar-refractivity contribution in [2.75, 3.05) is 13.7 Å². The van der Waals surface area contributed by atoms with Gasteiger partial charge in [0.25, 0.3) is 0 Å². The third-order valence-electron chi connectivity index (χ3n) is 3.26. The summed E-state index contributed by atoms with van der Waals surface area (Å²) >= 11 is 3.47. The largest absolute Gasteiger partial charge is 0.385 e. The molecule has 1 aliphatic rings. The normalized spacial score (nSPS) is 16.3. The highest BCUT2D eigenvalue weighted by Crippen LogP contribution is 2.46. The second-order valence-electron chi connectivity index (χ2n) is 4.74. The van der Waals surface area contributed by atoms with Gasteiger partial charge in [-0.15, -0.1) is 0 Å². The van der Waals surface area contributed by atoms with E-state index in [9.17, 15) is 4.79 Å². The summed E-state index contributed by atoms with van der Waals surface area (Å²) in [4.78, 5) is 11.9. The molecule has 18 heavy (non-hydrogen) atoms. The van der Waals surface area contributed by atoms with E-state index < -0.39 is 0 Å². The number of hydrogen-bond donors (Lipinski definition) is 1. The Balaban J connectivity index is 1.94. The van der Waals surface area contributed by atoms with Gasteiger partial charge in [-0.05, 0) is 37.0 Å². The Morgan fingerprint density at radius 2 is 2.28 bits per heavy atom. The van der Waals surface area contributed by atoms with Crippen LogP contribution >= 0.6 is 15.9 Å². The quantitative estimate of drug-likeness (QED) is 0.820. The molecule has 0 unspecified atom stereocenters. The van der Waals surface area contributed by atoms with E-state index in [0.29, 0.717) is 13.0 Å². The molecule has 1 aromatic carbocycles. The van der Waals surface area contributed by atoms with E-state index in [4.69, 9.17) is 4.74 Å². The number of hydrogen-bond acceptors (Lipinski definition) is 2. The number of methoxy groups -OCH3 is 1. The molecular formula is C14H18BrNO2. The lowest BCUT2D eigenvalue weighted by Crippen LogP contribution is -2.34. The van der Waals surface area contributed by atoms with Gasteiger partial charge in [0.2, 0.25) is 5.91 Å². The molecule has 98 valence electrons. The molecule has 4 heteroatoms. The fraction of sp³-hybridized carbons (Fsp3) is 0.500. The van der Waals surface area contributed by atoms with Crippen LogP contribution in [0.5, 0.6) is 0 Å². The number of amides is 1. The van der Waals surface area contributed by atoms with Crippen molar-refractivity contribution in [2.45, 2.75) is 31.2 Å². The molecule has 0 spiro atoms. The van der Waals surface area contributed by atoms with Crippen molar-refractivity contribution < 1.29 is 9.53 Å². The molecule has 2 rings (SSSR count). The van der Waals surface area contributed by atoms with Crippen LogP contribution in [-0.2, 0) is 15.1 Å². The Bertz CT molecular complexity index is 430. The highest BCUT2D eigenvalue weighted by atomic mass is 79.9. The van der Waals surface area contributed by atoms with Crippen molar-refractivity contribution in [3.05, 3.63) is 34.3 Å².